The van der Waals surface area contributed by atoms with Crippen molar-refractivity contribution in [2.24, 2.45) is 0 Å². The van der Waals surface area contributed by atoms with Gasteiger partial charge < -0.3 is 9.47 Å². The van der Waals surface area contributed by atoms with E-state index in [0.29, 0.717) is 12.0 Å². The third kappa shape index (κ3) is 2.74. The van der Waals surface area contributed by atoms with E-state index in [9.17, 15) is 0 Å². The zero-order valence-corrected chi connectivity index (χ0v) is 13.8. The molecule has 1 aliphatic carbocycles. The maximum atomic E-state index is 4.40. The Morgan fingerprint density at radius 2 is 1.95 bits per heavy atom. The molecule has 0 amide bonds. The fraction of sp³-hybridized carbons (Fsp3) is 0.733. The lowest BCUT2D eigenvalue weighted by Gasteiger charge is -2.31. The molecule has 0 radical (unpaired) electrons. The van der Waals surface area contributed by atoms with E-state index in [1.165, 1.54) is 18.7 Å². The van der Waals surface area contributed by atoms with E-state index in [4.69, 9.17) is 0 Å². The molecule has 0 unspecified atom stereocenters. The largest absolute Gasteiger partial charge is 0.347 e. The van der Waals surface area contributed by atoms with Gasteiger partial charge in [0.15, 0.2) is 0 Å². The van der Waals surface area contributed by atoms with Crippen LogP contribution in [0.2, 0.25) is 0 Å². The van der Waals surface area contributed by atoms with E-state index in [1.807, 2.05) is 6.33 Å². The van der Waals surface area contributed by atoms with E-state index in [2.05, 4.69) is 36.8 Å². The number of piperidine rings is 1. The van der Waals surface area contributed by atoms with Crippen molar-refractivity contribution in [3.05, 3.63) is 17.2 Å². The third-order valence-corrected chi connectivity index (χ3v) is 5.64. The standard InChI is InChI=1S/C15H22N6S/c1-2-3-13-17-19-15(22-13)20-8-6-11(7-9-20)14-18-16-10-21(14)12-4-5-12/h10-12H,2-9H2,1H3. The minimum absolute atomic E-state index is 0.544. The molecule has 0 spiro atoms. The van der Waals surface area contributed by atoms with Crippen LogP contribution in [-0.4, -0.2) is 38.1 Å². The maximum absolute atomic E-state index is 4.40. The highest BCUT2D eigenvalue weighted by Gasteiger charge is 2.31. The molecule has 0 aromatic carbocycles. The summed E-state index contributed by atoms with van der Waals surface area (Å²) in [5, 5.41) is 19.4. The van der Waals surface area contributed by atoms with E-state index in [-0.39, 0.29) is 0 Å². The Kier molecular flexibility index (Phi) is 3.82. The molecule has 2 aromatic heterocycles. The Morgan fingerprint density at radius 3 is 2.68 bits per heavy atom. The van der Waals surface area contributed by atoms with Gasteiger partial charge in [0.25, 0.3) is 0 Å². The summed E-state index contributed by atoms with van der Waals surface area (Å²) in [6, 6.07) is 0.669. The minimum Gasteiger partial charge on any atom is -0.347 e. The van der Waals surface area contributed by atoms with Crippen LogP contribution in [0.25, 0.3) is 0 Å². The predicted molar refractivity (Wildman–Crippen MR) is 86.4 cm³/mol. The Balaban J connectivity index is 1.40. The van der Waals surface area contributed by atoms with Gasteiger partial charge in [-0.3, -0.25) is 0 Å². The Labute approximate surface area is 134 Å². The molecule has 22 heavy (non-hydrogen) atoms. The van der Waals surface area contributed by atoms with Crippen LogP contribution in [-0.2, 0) is 6.42 Å². The molecule has 2 aliphatic rings. The summed E-state index contributed by atoms with van der Waals surface area (Å²) in [5.74, 6) is 1.74. The van der Waals surface area contributed by atoms with Crippen LogP contribution < -0.4 is 4.90 Å². The second kappa shape index (κ2) is 5.95. The topological polar surface area (TPSA) is 59.7 Å². The van der Waals surface area contributed by atoms with Crippen LogP contribution in [0, 0.1) is 0 Å². The molecule has 2 fully saturated rings. The SMILES string of the molecule is CCCc1nnc(N2CCC(c3nncn3C3CC3)CC2)s1. The summed E-state index contributed by atoms with van der Waals surface area (Å²) in [4.78, 5) is 2.38. The van der Waals surface area contributed by atoms with Crippen molar-refractivity contribution >= 4 is 16.5 Å². The summed E-state index contributed by atoms with van der Waals surface area (Å²) in [7, 11) is 0. The summed E-state index contributed by atoms with van der Waals surface area (Å²) < 4.78 is 2.31. The molecule has 0 bridgehead atoms. The van der Waals surface area contributed by atoms with Gasteiger partial charge in [0.05, 0.1) is 0 Å². The van der Waals surface area contributed by atoms with Crippen LogP contribution in [0.4, 0.5) is 5.13 Å². The zero-order valence-electron chi connectivity index (χ0n) is 13.0. The molecule has 2 aromatic rings. The summed E-state index contributed by atoms with van der Waals surface area (Å²) in [6.45, 7) is 4.27. The molecule has 4 rings (SSSR count). The predicted octanol–water partition coefficient (Wildman–Crippen LogP) is 2.80. The normalized spacial score (nSPS) is 19.8. The van der Waals surface area contributed by atoms with Crippen molar-refractivity contribution in [3.8, 4) is 0 Å². The van der Waals surface area contributed by atoms with Crippen molar-refractivity contribution < 1.29 is 0 Å². The average Bonchev–Trinajstić information content (AvgIpc) is 3.09. The van der Waals surface area contributed by atoms with Gasteiger partial charge in [-0.2, -0.15) is 0 Å². The van der Waals surface area contributed by atoms with Crippen LogP contribution in [0.15, 0.2) is 6.33 Å². The number of hydrogen-bond acceptors (Lipinski definition) is 6. The van der Waals surface area contributed by atoms with E-state index < -0.39 is 0 Å². The highest BCUT2D eigenvalue weighted by molar-refractivity contribution is 7.15. The number of nitrogens with zero attached hydrogens (tertiary/aromatic N) is 6. The maximum Gasteiger partial charge on any atom is 0.208 e. The first-order valence-electron chi connectivity index (χ1n) is 8.32. The van der Waals surface area contributed by atoms with Crippen molar-refractivity contribution in [2.75, 3.05) is 18.0 Å². The van der Waals surface area contributed by atoms with Gasteiger partial charge in [-0.15, -0.1) is 20.4 Å². The van der Waals surface area contributed by atoms with Crippen LogP contribution in [0.5, 0.6) is 0 Å². The molecule has 0 N–H and O–H groups in total. The van der Waals surface area contributed by atoms with Gasteiger partial charge in [-0.25, -0.2) is 0 Å². The summed E-state index contributed by atoms with van der Waals surface area (Å²) in [6.07, 6.45) is 8.93. The molecular weight excluding hydrogens is 296 g/mol. The number of hydrogen-bond donors (Lipinski definition) is 0. The first kappa shape index (κ1) is 14.1. The van der Waals surface area contributed by atoms with Crippen molar-refractivity contribution in [2.45, 2.75) is 57.4 Å². The smallest absolute Gasteiger partial charge is 0.208 e. The molecule has 1 saturated heterocycles. The molecule has 7 heteroatoms. The molecular formula is C15H22N6S. The van der Waals surface area contributed by atoms with Crippen molar-refractivity contribution in [1.29, 1.82) is 0 Å². The Hall–Kier alpha value is -1.50. The third-order valence-electron chi connectivity index (χ3n) is 4.59. The van der Waals surface area contributed by atoms with Gasteiger partial charge >= 0.3 is 0 Å². The van der Waals surface area contributed by atoms with E-state index in [0.717, 1.165) is 48.9 Å². The van der Waals surface area contributed by atoms with Gasteiger partial charge in [-0.05, 0) is 32.1 Å². The minimum atomic E-state index is 0.544. The van der Waals surface area contributed by atoms with Crippen LogP contribution in [0.1, 0.15) is 61.8 Å². The molecule has 118 valence electrons. The molecule has 6 nitrogen and oxygen atoms in total. The monoisotopic (exact) mass is 318 g/mol. The average molecular weight is 318 g/mol. The second-order valence-corrected chi connectivity index (χ2v) is 7.36. The van der Waals surface area contributed by atoms with E-state index in [1.54, 1.807) is 11.3 Å². The lowest BCUT2D eigenvalue weighted by molar-refractivity contribution is 0.464. The van der Waals surface area contributed by atoms with Gasteiger partial charge in [0.2, 0.25) is 5.13 Å². The van der Waals surface area contributed by atoms with Gasteiger partial charge in [-0.1, -0.05) is 18.3 Å². The van der Waals surface area contributed by atoms with Crippen LogP contribution in [0.3, 0.4) is 0 Å². The summed E-state index contributed by atoms with van der Waals surface area (Å²) >= 11 is 1.75. The zero-order chi connectivity index (χ0) is 14.9. The molecule has 3 heterocycles. The van der Waals surface area contributed by atoms with Gasteiger partial charge in [0, 0.05) is 31.5 Å². The van der Waals surface area contributed by atoms with Crippen LogP contribution >= 0.6 is 11.3 Å². The molecule has 0 atom stereocenters. The number of anilines is 1. The summed E-state index contributed by atoms with van der Waals surface area (Å²) in [5.41, 5.74) is 0. The molecule has 1 aliphatic heterocycles. The highest BCUT2D eigenvalue weighted by atomic mass is 32.1. The molecule has 1 saturated carbocycles. The number of aryl methyl sites for hydroxylation is 1. The second-order valence-electron chi connectivity index (χ2n) is 6.32. The fourth-order valence-electron chi connectivity index (χ4n) is 3.19. The van der Waals surface area contributed by atoms with E-state index >= 15 is 0 Å². The fourth-order valence-corrected chi connectivity index (χ4v) is 4.19. The Morgan fingerprint density at radius 1 is 1.14 bits per heavy atom. The Bertz CT molecular complexity index is 624. The first-order valence-corrected chi connectivity index (χ1v) is 9.13. The van der Waals surface area contributed by atoms with Gasteiger partial charge in [0.1, 0.15) is 17.2 Å². The number of rotatable bonds is 5. The van der Waals surface area contributed by atoms with Crippen molar-refractivity contribution in [3.63, 3.8) is 0 Å². The van der Waals surface area contributed by atoms with Crippen molar-refractivity contribution in [1.82, 2.24) is 25.0 Å². The lowest BCUT2D eigenvalue weighted by atomic mass is 9.96. The quantitative estimate of drug-likeness (QED) is 0.848. The lowest BCUT2D eigenvalue weighted by Crippen LogP contribution is -2.33. The highest BCUT2D eigenvalue weighted by Crippen LogP contribution is 2.38. The number of aromatic nitrogens is 5. The first-order chi connectivity index (χ1) is 10.8.